The molecule has 364 valence electrons. The van der Waals surface area contributed by atoms with Gasteiger partial charge in [-0.25, -0.2) is 0 Å². The molecule has 0 fully saturated rings. The maximum absolute atomic E-state index is 7.44. The van der Waals surface area contributed by atoms with Crippen LogP contribution in [0.1, 0.15) is 161 Å². The Morgan fingerprint density at radius 1 is 0.479 bits per heavy atom. The lowest BCUT2D eigenvalue weighted by molar-refractivity contribution is 0.332. The summed E-state index contributed by atoms with van der Waals surface area (Å²) in [5.74, 6) is 0. The largest absolute Gasteiger partial charge is 0.468 e. The maximum atomic E-state index is 7.44. The van der Waals surface area contributed by atoms with Gasteiger partial charge >= 0.3 is 0 Å². The third-order valence-electron chi connectivity index (χ3n) is 19.1. The van der Waals surface area contributed by atoms with Crippen molar-refractivity contribution in [3.63, 3.8) is 0 Å². The number of hydrogen-bond donors (Lipinski definition) is 0. The number of furan rings is 1. The van der Waals surface area contributed by atoms with Crippen molar-refractivity contribution < 1.29 is 4.42 Å². The van der Waals surface area contributed by atoms with Gasteiger partial charge in [0.15, 0.2) is 0 Å². The fraction of sp³-hybridized carbons (Fsp3) is 0.424. The highest BCUT2D eigenvalue weighted by Crippen LogP contribution is 2.56. The number of anilines is 6. The molecule has 6 aromatic carbocycles. The van der Waals surface area contributed by atoms with E-state index in [0.717, 1.165) is 30.5 Å². The summed E-state index contributed by atoms with van der Waals surface area (Å²) in [6.45, 7) is 39.3. The summed E-state index contributed by atoms with van der Waals surface area (Å²) in [6.07, 6.45) is 7.00. The van der Waals surface area contributed by atoms with Crippen LogP contribution in [0, 0.1) is 6.92 Å². The highest BCUT2D eigenvalue weighted by atomic mass is 28.3. The first-order chi connectivity index (χ1) is 33.2. The molecule has 5 heteroatoms. The molecule has 0 saturated heterocycles. The first kappa shape index (κ1) is 46.8. The monoisotopic (exact) mass is 953 g/mol. The van der Waals surface area contributed by atoms with E-state index >= 15 is 0 Å². The number of benzene rings is 6. The molecule has 1 aromatic heterocycles. The van der Waals surface area contributed by atoms with E-state index in [2.05, 4.69) is 223 Å². The van der Waals surface area contributed by atoms with Crippen molar-refractivity contribution in [2.24, 2.45) is 0 Å². The SMILES string of the molecule is Cc1cc2c3c(c1)N(c1ccc4c(c1)C(C)(C)CCC4(C)C)c1c(oc4ccccc14)B3c1cc3c(cc1N2c1cc2c(cc1-c1ccc([Si](C)(C)C)cc1)C(C)(C)CCC2(C)C)C(C)(C)CCC3(C)C. The second kappa shape index (κ2) is 14.9. The Morgan fingerprint density at radius 2 is 0.972 bits per heavy atom. The van der Waals surface area contributed by atoms with E-state index in [0.29, 0.717) is 0 Å². The summed E-state index contributed by atoms with van der Waals surface area (Å²) in [5, 5.41) is 2.66. The van der Waals surface area contributed by atoms with Gasteiger partial charge in [0.25, 0.3) is 6.71 Å². The van der Waals surface area contributed by atoms with E-state index in [-0.39, 0.29) is 39.2 Å². The van der Waals surface area contributed by atoms with Crippen LogP contribution in [-0.2, 0) is 32.5 Å². The molecule has 0 atom stereocenters. The smallest absolute Gasteiger partial charge is 0.297 e. The Hall–Kier alpha value is -5.26. The van der Waals surface area contributed by atoms with Gasteiger partial charge in [-0.3, -0.25) is 0 Å². The fourth-order valence-electron chi connectivity index (χ4n) is 14.0. The van der Waals surface area contributed by atoms with Gasteiger partial charge in [0.1, 0.15) is 5.58 Å². The summed E-state index contributed by atoms with van der Waals surface area (Å²) in [5.41, 5.74) is 25.2. The standard InChI is InChI=1S/C66H77BN2OSi/c1-40-33-55-58-56(34-40)69(53-38-50-48(63(6,7)29-31-65(50,10)11)36-45(53)41-21-24-43(25-22-41)71(14,15)16)54-39-51-49(64(8,9)30-32-66(51,12)13)37-52(54)67(58)60-59(44-19-17-18-20-57(44)70-60)68(55)42-23-26-46-47(35-42)62(4,5)28-27-61(46,2)3/h17-26,33-39H,27-32H2,1-16H3. The molecule has 0 bridgehead atoms. The van der Waals surface area contributed by atoms with Crippen molar-refractivity contribution in [2.75, 3.05) is 9.80 Å². The van der Waals surface area contributed by atoms with Crippen molar-refractivity contribution in [3.05, 3.63) is 142 Å². The van der Waals surface area contributed by atoms with E-state index in [4.69, 9.17) is 4.42 Å². The van der Waals surface area contributed by atoms with Crippen molar-refractivity contribution in [2.45, 2.75) is 181 Å². The topological polar surface area (TPSA) is 19.6 Å². The molecule has 0 spiro atoms. The minimum Gasteiger partial charge on any atom is -0.468 e. The van der Waals surface area contributed by atoms with Crippen molar-refractivity contribution in [1.82, 2.24) is 0 Å². The summed E-state index contributed by atoms with van der Waals surface area (Å²) >= 11 is 0. The van der Waals surface area contributed by atoms with Crippen molar-refractivity contribution in [3.8, 4) is 11.1 Å². The Morgan fingerprint density at radius 3 is 1.55 bits per heavy atom. The van der Waals surface area contributed by atoms with Crippen LogP contribution in [0.2, 0.25) is 19.6 Å². The highest BCUT2D eigenvalue weighted by Gasteiger charge is 2.50. The molecule has 71 heavy (non-hydrogen) atoms. The average molecular weight is 953 g/mol. The Labute approximate surface area is 427 Å². The van der Waals surface area contributed by atoms with E-state index in [1.54, 1.807) is 0 Å². The molecule has 3 aliphatic carbocycles. The zero-order valence-electron chi connectivity index (χ0n) is 45.9. The lowest BCUT2D eigenvalue weighted by Gasteiger charge is -2.48. The van der Waals surface area contributed by atoms with Crippen molar-refractivity contribution >= 4 is 81.7 Å². The third-order valence-corrected chi connectivity index (χ3v) is 21.1. The molecule has 12 rings (SSSR count). The van der Waals surface area contributed by atoms with Crippen LogP contribution in [-0.4, -0.2) is 14.8 Å². The lowest BCUT2D eigenvalue weighted by Crippen LogP contribution is -2.61. The number of fused-ring (bicyclic) bond motifs is 9. The number of nitrogens with zero attached hydrogens (tertiary/aromatic N) is 2. The van der Waals surface area contributed by atoms with Crippen LogP contribution < -0.4 is 31.6 Å². The maximum Gasteiger partial charge on any atom is 0.297 e. The number of aryl methyl sites for hydroxylation is 1. The second-order valence-electron chi connectivity index (χ2n) is 27.9. The molecular weight excluding hydrogens is 876 g/mol. The van der Waals surface area contributed by atoms with E-state index < -0.39 is 8.07 Å². The number of hydrogen-bond acceptors (Lipinski definition) is 3. The molecule has 7 aromatic rings. The molecule has 0 radical (unpaired) electrons. The molecule has 3 heterocycles. The normalized spacial score (nSPS) is 20.4. The number of rotatable bonds is 4. The van der Waals surface area contributed by atoms with Gasteiger partial charge in [-0.15, -0.1) is 0 Å². The molecule has 0 N–H and O–H groups in total. The zero-order valence-corrected chi connectivity index (χ0v) is 46.9. The zero-order chi connectivity index (χ0) is 50.3. The molecular formula is C66H77BN2OSi. The van der Waals surface area contributed by atoms with Crippen LogP contribution in [0.5, 0.6) is 0 Å². The van der Waals surface area contributed by atoms with Gasteiger partial charge in [-0.05, 0) is 188 Å². The second-order valence-corrected chi connectivity index (χ2v) is 32.9. The van der Waals surface area contributed by atoms with Crippen LogP contribution in [0.4, 0.5) is 34.1 Å². The minimum atomic E-state index is -1.55. The summed E-state index contributed by atoms with van der Waals surface area (Å²) < 4.78 is 7.44. The molecule has 3 nitrogen and oxygen atoms in total. The summed E-state index contributed by atoms with van der Waals surface area (Å²) in [4.78, 5) is 5.37. The number of para-hydroxylation sites is 1. The first-order valence-electron chi connectivity index (χ1n) is 27.1. The van der Waals surface area contributed by atoms with Gasteiger partial charge < -0.3 is 14.2 Å². The minimum absolute atomic E-state index is 0.0175. The van der Waals surface area contributed by atoms with Gasteiger partial charge in [0, 0.05) is 33.7 Å². The first-order valence-corrected chi connectivity index (χ1v) is 30.6. The van der Waals surface area contributed by atoms with Crippen LogP contribution in [0.25, 0.3) is 22.1 Å². The van der Waals surface area contributed by atoms with Gasteiger partial charge in [-0.2, -0.15) is 0 Å². The lowest BCUT2D eigenvalue weighted by atomic mass is 9.35. The summed E-state index contributed by atoms with van der Waals surface area (Å²) in [7, 11) is -1.55. The van der Waals surface area contributed by atoms with Gasteiger partial charge in [0.2, 0.25) is 0 Å². The quantitative estimate of drug-likeness (QED) is 0.164. The summed E-state index contributed by atoms with van der Waals surface area (Å²) in [6, 6.07) is 41.7. The molecule has 2 aliphatic heterocycles. The Balaban J connectivity index is 1.22. The molecule has 0 unspecified atom stereocenters. The average Bonchev–Trinajstić information content (AvgIpc) is 3.69. The molecule has 0 saturated carbocycles. The highest BCUT2D eigenvalue weighted by molar-refractivity contribution is 7.00. The van der Waals surface area contributed by atoms with Crippen LogP contribution in [0.3, 0.4) is 0 Å². The molecule has 0 amide bonds. The van der Waals surface area contributed by atoms with Crippen LogP contribution in [0.15, 0.2) is 108 Å². The van der Waals surface area contributed by atoms with Gasteiger partial charge in [0.05, 0.1) is 25.1 Å². The predicted molar refractivity (Wildman–Crippen MR) is 309 cm³/mol. The van der Waals surface area contributed by atoms with Crippen molar-refractivity contribution in [1.29, 1.82) is 0 Å². The molecule has 5 aliphatic rings. The van der Waals surface area contributed by atoms with E-state index in [9.17, 15) is 0 Å². The third kappa shape index (κ3) is 6.93. The van der Waals surface area contributed by atoms with E-state index in [1.807, 2.05) is 0 Å². The van der Waals surface area contributed by atoms with Crippen LogP contribution >= 0.6 is 0 Å². The predicted octanol–water partition coefficient (Wildman–Crippen LogP) is 16.1. The van der Waals surface area contributed by atoms with Gasteiger partial charge in [-0.1, -0.05) is 156 Å². The fourth-order valence-corrected chi connectivity index (χ4v) is 15.2. The Kier molecular flexibility index (Phi) is 9.84. The Bertz CT molecular complexity index is 3390. The van der Waals surface area contributed by atoms with E-state index in [1.165, 1.54) is 125 Å².